The molecule has 7 heteroatoms. The number of nitrogens with two attached hydrogens (primary N) is 1. The van der Waals surface area contributed by atoms with Crippen LogP contribution < -0.4 is 11.1 Å². The number of rotatable bonds is 6. The van der Waals surface area contributed by atoms with Crippen molar-refractivity contribution in [1.29, 1.82) is 0 Å². The van der Waals surface area contributed by atoms with E-state index in [0.717, 1.165) is 22.0 Å². The van der Waals surface area contributed by atoms with Crippen LogP contribution in [0, 0.1) is 5.82 Å². The van der Waals surface area contributed by atoms with Crippen molar-refractivity contribution >= 4 is 16.3 Å². The highest BCUT2D eigenvalue weighted by Gasteiger charge is 2.12. The van der Waals surface area contributed by atoms with E-state index >= 15 is 0 Å². The van der Waals surface area contributed by atoms with Gasteiger partial charge in [-0.15, -0.1) is 11.3 Å². The first-order valence-electron chi connectivity index (χ1n) is 7.29. The van der Waals surface area contributed by atoms with Crippen LogP contribution in [0.3, 0.4) is 0 Å². The number of aromatic nitrogens is 3. The lowest BCUT2D eigenvalue weighted by atomic mass is 10.1. The predicted octanol–water partition coefficient (Wildman–Crippen LogP) is 2.66. The van der Waals surface area contributed by atoms with E-state index in [0.29, 0.717) is 13.0 Å². The van der Waals surface area contributed by atoms with Gasteiger partial charge in [-0.3, -0.25) is 0 Å². The van der Waals surface area contributed by atoms with Crippen molar-refractivity contribution < 1.29 is 4.39 Å². The molecule has 0 saturated heterocycles. The van der Waals surface area contributed by atoms with Crippen LogP contribution in [0.5, 0.6) is 0 Å². The van der Waals surface area contributed by atoms with Gasteiger partial charge >= 0.3 is 0 Å². The topological polar surface area (TPSA) is 68.8 Å². The third kappa shape index (κ3) is 3.75. The average Bonchev–Trinajstić information content (AvgIpc) is 3.15. The van der Waals surface area contributed by atoms with Gasteiger partial charge in [0.2, 0.25) is 0 Å². The van der Waals surface area contributed by atoms with E-state index in [1.807, 2.05) is 24.6 Å². The molecule has 0 bridgehead atoms. The summed E-state index contributed by atoms with van der Waals surface area (Å²) in [6.45, 7) is 0.466. The average molecular weight is 331 g/mol. The van der Waals surface area contributed by atoms with Crippen molar-refractivity contribution in [2.24, 2.45) is 12.8 Å². The molecule has 0 fully saturated rings. The zero-order chi connectivity index (χ0) is 16.2. The standard InChI is InChI=1S/C16H18FN5S/c1-22-16(19-10-20-22)12-7-15(23-9-12)21-14(8-18)6-11-3-2-4-13(17)5-11/h2-5,7,9-10,14,21H,6,8,18H2,1H3/t14-/m0/s1. The zero-order valence-corrected chi connectivity index (χ0v) is 13.6. The van der Waals surface area contributed by atoms with Gasteiger partial charge in [-0.25, -0.2) is 14.1 Å². The molecular formula is C16H18FN5S. The summed E-state index contributed by atoms with van der Waals surface area (Å²) in [4.78, 5) is 4.24. The Morgan fingerprint density at radius 1 is 1.39 bits per heavy atom. The summed E-state index contributed by atoms with van der Waals surface area (Å²) in [6, 6.07) is 8.69. The highest BCUT2D eigenvalue weighted by Crippen LogP contribution is 2.28. The van der Waals surface area contributed by atoms with E-state index in [2.05, 4.69) is 15.4 Å². The monoisotopic (exact) mass is 331 g/mol. The first-order valence-corrected chi connectivity index (χ1v) is 8.17. The van der Waals surface area contributed by atoms with Gasteiger partial charge in [0.25, 0.3) is 0 Å². The Bertz CT molecular complexity index is 782. The number of halogens is 1. The summed E-state index contributed by atoms with van der Waals surface area (Å²) < 4.78 is 15.0. The van der Waals surface area contributed by atoms with Gasteiger partial charge < -0.3 is 11.1 Å². The maximum atomic E-state index is 13.3. The van der Waals surface area contributed by atoms with Crippen LogP contribution in [0.25, 0.3) is 11.4 Å². The molecule has 1 atom stereocenters. The number of thiophene rings is 1. The molecule has 0 aliphatic carbocycles. The fourth-order valence-electron chi connectivity index (χ4n) is 2.43. The van der Waals surface area contributed by atoms with Crippen LogP contribution in [0.2, 0.25) is 0 Å². The largest absolute Gasteiger partial charge is 0.373 e. The van der Waals surface area contributed by atoms with Gasteiger partial charge in [0.15, 0.2) is 5.82 Å². The van der Waals surface area contributed by atoms with Gasteiger partial charge in [0, 0.05) is 30.6 Å². The molecule has 0 amide bonds. The molecule has 0 aliphatic rings. The van der Waals surface area contributed by atoms with E-state index in [9.17, 15) is 4.39 Å². The Labute approximate surface area is 138 Å². The number of anilines is 1. The van der Waals surface area contributed by atoms with Gasteiger partial charge in [0.1, 0.15) is 12.1 Å². The third-order valence-corrected chi connectivity index (χ3v) is 4.43. The van der Waals surface area contributed by atoms with Gasteiger partial charge in [-0.2, -0.15) is 5.10 Å². The number of nitrogens with zero attached hydrogens (tertiary/aromatic N) is 3. The molecule has 3 aromatic rings. The predicted molar refractivity (Wildman–Crippen MR) is 90.9 cm³/mol. The summed E-state index contributed by atoms with van der Waals surface area (Å²) in [5.41, 5.74) is 7.80. The number of nitrogens with one attached hydrogen (secondary N) is 1. The molecule has 0 spiro atoms. The van der Waals surface area contributed by atoms with E-state index in [4.69, 9.17) is 5.73 Å². The quantitative estimate of drug-likeness (QED) is 0.729. The van der Waals surface area contributed by atoms with E-state index < -0.39 is 0 Å². The number of benzene rings is 1. The highest BCUT2D eigenvalue weighted by atomic mass is 32.1. The van der Waals surface area contributed by atoms with E-state index in [1.54, 1.807) is 28.2 Å². The summed E-state index contributed by atoms with van der Waals surface area (Å²) in [5.74, 6) is 0.600. The summed E-state index contributed by atoms with van der Waals surface area (Å²) in [6.07, 6.45) is 2.21. The summed E-state index contributed by atoms with van der Waals surface area (Å²) >= 11 is 1.59. The Kier molecular flexibility index (Phi) is 4.68. The van der Waals surface area contributed by atoms with Crippen LogP contribution in [-0.2, 0) is 13.5 Å². The lowest BCUT2D eigenvalue weighted by Crippen LogP contribution is -2.30. The minimum atomic E-state index is -0.223. The normalized spacial score (nSPS) is 12.3. The van der Waals surface area contributed by atoms with Crippen LogP contribution >= 0.6 is 11.3 Å². The fourth-order valence-corrected chi connectivity index (χ4v) is 3.29. The molecule has 2 aromatic heterocycles. The first kappa shape index (κ1) is 15.6. The maximum Gasteiger partial charge on any atom is 0.158 e. The number of aryl methyl sites for hydroxylation is 1. The Morgan fingerprint density at radius 2 is 2.26 bits per heavy atom. The maximum absolute atomic E-state index is 13.3. The van der Waals surface area contributed by atoms with Crippen LogP contribution in [0.4, 0.5) is 9.39 Å². The van der Waals surface area contributed by atoms with Crippen LogP contribution in [0.1, 0.15) is 5.56 Å². The molecule has 0 unspecified atom stereocenters. The smallest absolute Gasteiger partial charge is 0.158 e. The summed E-state index contributed by atoms with van der Waals surface area (Å²) in [7, 11) is 1.86. The second-order valence-electron chi connectivity index (χ2n) is 5.32. The molecule has 5 nitrogen and oxygen atoms in total. The molecule has 3 rings (SSSR count). The molecule has 0 aliphatic heterocycles. The minimum Gasteiger partial charge on any atom is -0.373 e. The zero-order valence-electron chi connectivity index (χ0n) is 12.7. The van der Waals surface area contributed by atoms with Crippen LogP contribution in [0.15, 0.2) is 42.0 Å². The van der Waals surface area contributed by atoms with Crippen molar-refractivity contribution in [2.75, 3.05) is 11.9 Å². The Balaban J connectivity index is 1.70. The summed E-state index contributed by atoms with van der Waals surface area (Å²) in [5, 5.41) is 10.5. The molecular weight excluding hydrogens is 313 g/mol. The van der Waals surface area contributed by atoms with E-state index in [1.165, 1.54) is 12.4 Å². The SMILES string of the molecule is Cn1ncnc1-c1csc(N[C@H](CN)Cc2cccc(F)c2)c1. The molecule has 3 N–H and O–H groups in total. The van der Waals surface area contributed by atoms with Gasteiger partial charge in [-0.05, 0) is 30.2 Å². The van der Waals surface area contributed by atoms with Crippen molar-refractivity contribution in [3.05, 3.63) is 53.4 Å². The third-order valence-electron chi connectivity index (χ3n) is 3.57. The molecule has 0 saturated carbocycles. The number of hydrogen-bond donors (Lipinski definition) is 2. The van der Waals surface area contributed by atoms with Crippen molar-refractivity contribution in [3.8, 4) is 11.4 Å². The molecule has 23 heavy (non-hydrogen) atoms. The Hall–Kier alpha value is -2.25. The van der Waals surface area contributed by atoms with Crippen molar-refractivity contribution in [3.63, 3.8) is 0 Å². The molecule has 2 heterocycles. The second-order valence-corrected chi connectivity index (χ2v) is 6.23. The second kappa shape index (κ2) is 6.89. The number of hydrogen-bond acceptors (Lipinski definition) is 5. The van der Waals surface area contributed by atoms with Crippen molar-refractivity contribution in [2.45, 2.75) is 12.5 Å². The Morgan fingerprint density at radius 3 is 2.96 bits per heavy atom. The lowest BCUT2D eigenvalue weighted by molar-refractivity contribution is 0.622. The molecule has 1 aromatic carbocycles. The van der Waals surface area contributed by atoms with E-state index in [-0.39, 0.29) is 11.9 Å². The highest BCUT2D eigenvalue weighted by molar-refractivity contribution is 7.14. The lowest BCUT2D eigenvalue weighted by Gasteiger charge is -2.17. The van der Waals surface area contributed by atoms with Gasteiger partial charge in [0.05, 0.1) is 5.00 Å². The first-order chi connectivity index (χ1) is 11.2. The minimum absolute atomic E-state index is 0.0443. The molecule has 0 radical (unpaired) electrons. The molecule has 120 valence electrons. The van der Waals surface area contributed by atoms with Crippen LogP contribution in [-0.4, -0.2) is 27.4 Å². The van der Waals surface area contributed by atoms with Crippen molar-refractivity contribution in [1.82, 2.24) is 14.8 Å². The fraction of sp³-hybridized carbons (Fsp3) is 0.250. The van der Waals surface area contributed by atoms with Gasteiger partial charge in [-0.1, -0.05) is 12.1 Å².